The van der Waals surface area contributed by atoms with Crippen molar-refractivity contribution in [3.63, 3.8) is 0 Å². The number of amides is 1. The molecule has 9 nitrogen and oxygen atoms in total. The zero-order valence-corrected chi connectivity index (χ0v) is 14.9. The van der Waals surface area contributed by atoms with Gasteiger partial charge in [0.25, 0.3) is 0 Å². The summed E-state index contributed by atoms with van der Waals surface area (Å²) in [6, 6.07) is 7.62. The summed E-state index contributed by atoms with van der Waals surface area (Å²) in [7, 11) is 0. The number of hydrogen-bond acceptors (Lipinski definition) is 9. The maximum atomic E-state index is 12.3. The van der Waals surface area contributed by atoms with Crippen molar-refractivity contribution in [1.82, 2.24) is 15.0 Å². The molecule has 1 aromatic heterocycles. The molecule has 0 saturated carbocycles. The number of hydrogen-bond donors (Lipinski definition) is 2. The molecule has 1 aliphatic heterocycles. The molecule has 2 aromatic rings. The number of nitrogens with zero attached hydrogens (tertiary/aromatic N) is 4. The van der Waals surface area contributed by atoms with Crippen LogP contribution in [-0.2, 0) is 20.9 Å². The lowest BCUT2D eigenvalue weighted by Gasteiger charge is -2.16. The third kappa shape index (κ3) is 4.02. The Balaban J connectivity index is 1.61. The van der Waals surface area contributed by atoms with Crippen LogP contribution in [-0.4, -0.2) is 39.6 Å². The third-order valence-electron chi connectivity index (χ3n) is 3.90. The Labute approximate surface area is 154 Å². The number of aromatic nitrogens is 3. The monoisotopic (exact) mass is 374 g/mol. The highest BCUT2D eigenvalue weighted by atomic mass is 32.2. The number of carbonyl (C=O) groups is 2. The minimum absolute atomic E-state index is 0.0422. The predicted octanol–water partition coefficient (Wildman–Crippen LogP) is 0.854. The van der Waals surface area contributed by atoms with Gasteiger partial charge >= 0.3 is 5.97 Å². The Kier molecular flexibility index (Phi) is 5.21. The average Bonchev–Trinajstić information content (AvgIpc) is 3.01. The van der Waals surface area contributed by atoms with Gasteiger partial charge in [0.2, 0.25) is 17.8 Å². The van der Waals surface area contributed by atoms with Gasteiger partial charge in [-0.15, -0.1) is 11.8 Å². The summed E-state index contributed by atoms with van der Waals surface area (Å²) in [5, 5.41) is 0. The first-order valence-electron chi connectivity index (χ1n) is 7.83. The van der Waals surface area contributed by atoms with Gasteiger partial charge in [-0.2, -0.15) is 15.0 Å². The van der Waals surface area contributed by atoms with Gasteiger partial charge in [-0.25, -0.2) is 0 Å². The maximum absolute atomic E-state index is 12.3. The molecule has 1 saturated heterocycles. The molecule has 1 unspecified atom stereocenters. The van der Waals surface area contributed by atoms with Gasteiger partial charge in [0, 0.05) is 23.5 Å². The van der Waals surface area contributed by atoms with Crippen molar-refractivity contribution in [2.45, 2.75) is 17.9 Å². The van der Waals surface area contributed by atoms with Crippen molar-refractivity contribution in [1.29, 1.82) is 0 Å². The van der Waals surface area contributed by atoms with Crippen LogP contribution in [0.2, 0.25) is 0 Å². The fourth-order valence-electron chi connectivity index (χ4n) is 2.65. The molecule has 1 aromatic carbocycles. The van der Waals surface area contributed by atoms with Crippen molar-refractivity contribution >= 4 is 41.2 Å². The van der Waals surface area contributed by atoms with E-state index in [-0.39, 0.29) is 43.2 Å². The van der Waals surface area contributed by atoms with E-state index < -0.39 is 11.9 Å². The fourth-order valence-corrected chi connectivity index (χ4v) is 3.06. The van der Waals surface area contributed by atoms with E-state index in [0.29, 0.717) is 0 Å². The van der Waals surface area contributed by atoms with E-state index in [1.54, 1.807) is 16.7 Å². The second kappa shape index (κ2) is 7.56. The second-order valence-corrected chi connectivity index (χ2v) is 6.56. The normalized spacial score (nSPS) is 16.7. The van der Waals surface area contributed by atoms with E-state index in [2.05, 4.69) is 15.0 Å². The van der Waals surface area contributed by atoms with E-state index in [1.807, 2.05) is 30.5 Å². The zero-order valence-electron chi connectivity index (χ0n) is 14.1. The first-order chi connectivity index (χ1) is 12.5. The summed E-state index contributed by atoms with van der Waals surface area (Å²) in [5.74, 6) is -1.06. The largest absolute Gasteiger partial charge is 0.457 e. The van der Waals surface area contributed by atoms with Crippen LogP contribution < -0.4 is 16.4 Å². The van der Waals surface area contributed by atoms with Gasteiger partial charge in [0.05, 0.1) is 5.92 Å². The van der Waals surface area contributed by atoms with Crippen LogP contribution in [0.15, 0.2) is 29.2 Å². The molecule has 1 amide bonds. The number of rotatable bonds is 5. The highest BCUT2D eigenvalue weighted by Crippen LogP contribution is 2.27. The number of carbonyl (C=O) groups excluding carboxylic acids is 2. The lowest BCUT2D eigenvalue weighted by atomic mass is 10.1. The highest BCUT2D eigenvalue weighted by Gasteiger charge is 2.36. The van der Waals surface area contributed by atoms with E-state index >= 15 is 0 Å². The smallest absolute Gasteiger partial charge is 0.311 e. The number of benzene rings is 1. The molecule has 4 N–H and O–H groups in total. The SMILES string of the molecule is CSc1ccc(N2CC(C(=O)OCc3nc(N)nc(N)n3)CC2=O)cc1. The van der Waals surface area contributed by atoms with Gasteiger partial charge < -0.3 is 21.1 Å². The quantitative estimate of drug-likeness (QED) is 0.576. The number of nitrogen functional groups attached to an aromatic ring is 2. The molecule has 26 heavy (non-hydrogen) atoms. The van der Waals surface area contributed by atoms with Crippen LogP contribution in [0.25, 0.3) is 0 Å². The van der Waals surface area contributed by atoms with Gasteiger partial charge in [-0.05, 0) is 30.5 Å². The zero-order chi connectivity index (χ0) is 18.7. The van der Waals surface area contributed by atoms with Gasteiger partial charge in [0.15, 0.2) is 12.4 Å². The minimum atomic E-state index is -0.542. The van der Waals surface area contributed by atoms with Crippen molar-refractivity contribution in [3.8, 4) is 0 Å². The molecule has 1 aliphatic rings. The van der Waals surface area contributed by atoms with E-state index in [4.69, 9.17) is 16.2 Å². The predicted molar refractivity (Wildman–Crippen MR) is 97.1 cm³/mol. The summed E-state index contributed by atoms with van der Waals surface area (Å²) in [5.41, 5.74) is 11.7. The third-order valence-corrected chi connectivity index (χ3v) is 4.65. The molecule has 3 rings (SSSR count). The topological polar surface area (TPSA) is 137 Å². The Morgan fingerprint density at radius 3 is 2.50 bits per heavy atom. The number of anilines is 3. The van der Waals surface area contributed by atoms with E-state index in [1.165, 1.54) is 0 Å². The Morgan fingerprint density at radius 2 is 1.88 bits per heavy atom. The summed E-state index contributed by atoms with van der Waals surface area (Å²) < 4.78 is 5.21. The molecule has 10 heteroatoms. The molecule has 2 heterocycles. The van der Waals surface area contributed by atoms with Crippen molar-refractivity contribution in [2.75, 3.05) is 29.2 Å². The van der Waals surface area contributed by atoms with Crippen LogP contribution >= 0.6 is 11.8 Å². The molecule has 1 fully saturated rings. The lowest BCUT2D eigenvalue weighted by molar-refractivity contribution is -0.149. The Hall–Kier alpha value is -2.88. The number of nitrogens with two attached hydrogens (primary N) is 2. The average molecular weight is 374 g/mol. The second-order valence-electron chi connectivity index (χ2n) is 5.68. The summed E-state index contributed by atoms with van der Waals surface area (Å²) in [6.07, 6.45) is 2.08. The van der Waals surface area contributed by atoms with Crippen LogP contribution in [0.4, 0.5) is 17.6 Å². The number of thioether (sulfide) groups is 1. The van der Waals surface area contributed by atoms with Crippen molar-refractivity contribution < 1.29 is 14.3 Å². The van der Waals surface area contributed by atoms with E-state index in [0.717, 1.165) is 10.6 Å². The molecular formula is C16H18N6O3S. The molecule has 0 spiro atoms. The number of esters is 1. The van der Waals surface area contributed by atoms with Gasteiger partial charge in [-0.3, -0.25) is 9.59 Å². The van der Waals surface area contributed by atoms with Crippen LogP contribution in [0, 0.1) is 5.92 Å². The van der Waals surface area contributed by atoms with Gasteiger partial charge in [0.1, 0.15) is 0 Å². The fraction of sp³-hybridized carbons (Fsp3) is 0.312. The minimum Gasteiger partial charge on any atom is -0.457 e. The molecule has 136 valence electrons. The summed E-state index contributed by atoms with van der Waals surface area (Å²) >= 11 is 1.62. The standard InChI is InChI=1S/C16H18N6O3S/c1-26-11-4-2-10(3-5-11)22-7-9(6-13(22)23)14(24)25-8-12-19-15(17)21-16(18)20-12/h2-5,9H,6-8H2,1H3,(H4,17,18,19,20,21). The van der Waals surface area contributed by atoms with Crippen LogP contribution in [0.1, 0.15) is 12.2 Å². The molecule has 1 atom stereocenters. The van der Waals surface area contributed by atoms with Gasteiger partial charge in [-0.1, -0.05) is 0 Å². The lowest BCUT2D eigenvalue weighted by Crippen LogP contribution is -2.26. The van der Waals surface area contributed by atoms with E-state index in [9.17, 15) is 9.59 Å². The van der Waals surface area contributed by atoms with Crippen molar-refractivity contribution in [3.05, 3.63) is 30.1 Å². The van der Waals surface area contributed by atoms with Crippen molar-refractivity contribution in [2.24, 2.45) is 5.92 Å². The molecule has 0 bridgehead atoms. The highest BCUT2D eigenvalue weighted by molar-refractivity contribution is 7.98. The first kappa shape index (κ1) is 17.9. The number of ether oxygens (including phenoxy) is 1. The Bertz CT molecular complexity index is 809. The molecule has 0 radical (unpaired) electrons. The summed E-state index contributed by atoms with van der Waals surface area (Å²) in [6.45, 7) is 0.0978. The summed E-state index contributed by atoms with van der Waals surface area (Å²) in [4.78, 5) is 38.6. The molecular weight excluding hydrogens is 356 g/mol. The van der Waals surface area contributed by atoms with Crippen LogP contribution in [0.3, 0.4) is 0 Å². The first-order valence-corrected chi connectivity index (χ1v) is 9.05. The Morgan fingerprint density at radius 1 is 1.23 bits per heavy atom. The van der Waals surface area contributed by atoms with Crippen LogP contribution in [0.5, 0.6) is 0 Å². The molecule has 0 aliphatic carbocycles. The maximum Gasteiger partial charge on any atom is 0.311 e.